The maximum absolute atomic E-state index is 5.49. The second kappa shape index (κ2) is 10.1. The lowest BCUT2D eigenvalue weighted by Gasteiger charge is -2.23. The van der Waals surface area contributed by atoms with Crippen molar-refractivity contribution in [1.82, 2.24) is 4.90 Å². The molecule has 2 unspecified atom stereocenters. The van der Waals surface area contributed by atoms with Crippen LogP contribution in [-0.4, -0.2) is 24.5 Å². The molecule has 156 valence electrons. The van der Waals surface area contributed by atoms with Crippen molar-refractivity contribution in [3.05, 3.63) is 83.6 Å². The van der Waals surface area contributed by atoms with Crippen molar-refractivity contribution in [2.45, 2.75) is 32.6 Å². The first kappa shape index (κ1) is 21.6. The lowest BCUT2D eigenvalue weighted by molar-refractivity contribution is 0.486. The lowest BCUT2D eigenvalue weighted by Crippen LogP contribution is -2.18. The number of allylic oxidation sites excluding steroid dienone is 1. The summed E-state index contributed by atoms with van der Waals surface area (Å²) in [5.74, 6) is 3.68. The molecule has 1 heterocycles. The predicted octanol–water partition coefficient (Wildman–Crippen LogP) is 5.35. The molecule has 2 aromatic carbocycles. The van der Waals surface area contributed by atoms with Crippen LogP contribution in [-0.2, 0) is 0 Å². The quantitative estimate of drug-likeness (QED) is 0.588. The summed E-state index contributed by atoms with van der Waals surface area (Å²) in [6.45, 7) is 11.7. The zero-order chi connectivity index (χ0) is 21.5. The van der Waals surface area contributed by atoms with Crippen LogP contribution in [0.3, 0.4) is 0 Å². The average Bonchev–Trinajstić information content (AvgIpc) is 3.25. The molecule has 0 aromatic heterocycles. The van der Waals surface area contributed by atoms with Crippen LogP contribution in [0, 0.1) is 25.2 Å². The van der Waals surface area contributed by atoms with Crippen LogP contribution in [0.1, 0.15) is 47.9 Å². The molecule has 0 bridgehead atoms. The van der Waals surface area contributed by atoms with Crippen molar-refractivity contribution < 1.29 is 0 Å². The van der Waals surface area contributed by atoms with Crippen LogP contribution in [0.5, 0.6) is 0 Å². The number of nitrogens with two attached hydrogens (primary N) is 1. The molecule has 0 amide bonds. The molecule has 3 nitrogen and oxygen atoms in total. The fourth-order valence-electron chi connectivity index (χ4n) is 4.02. The van der Waals surface area contributed by atoms with Crippen molar-refractivity contribution >= 4 is 11.4 Å². The number of aryl methyl sites for hydroxylation is 1. The van der Waals surface area contributed by atoms with Crippen LogP contribution in [0.15, 0.2) is 61.3 Å². The number of anilines is 1. The Kier molecular flexibility index (Phi) is 7.25. The number of hydrogen-bond donors (Lipinski definition) is 2. The van der Waals surface area contributed by atoms with E-state index in [1.54, 1.807) is 6.20 Å². The maximum atomic E-state index is 5.49. The Balaban J connectivity index is 1.63. The molecule has 3 rings (SSSR count). The molecule has 1 saturated heterocycles. The second-order valence-corrected chi connectivity index (χ2v) is 8.25. The van der Waals surface area contributed by atoms with Crippen molar-refractivity contribution in [3.63, 3.8) is 0 Å². The maximum Gasteiger partial charge on any atom is 0.0376 e. The zero-order valence-electron chi connectivity index (χ0n) is 18.2. The van der Waals surface area contributed by atoms with E-state index in [0.29, 0.717) is 11.8 Å². The van der Waals surface area contributed by atoms with E-state index in [-0.39, 0.29) is 0 Å². The first-order valence-corrected chi connectivity index (χ1v) is 10.8. The van der Waals surface area contributed by atoms with E-state index >= 15 is 0 Å². The van der Waals surface area contributed by atoms with Gasteiger partial charge in [0, 0.05) is 42.5 Å². The summed E-state index contributed by atoms with van der Waals surface area (Å²) < 4.78 is 0. The van der Waals surface area contributed by atoms with E-state index in [9.17, 15) is 0 Å². The Labute approximate surface area is 181 Å². The molecule has 0 saturated carbocycles. The normalized spacial score (nSPS) is 17.1. The topological polar surface area (TPSA) is 41.3 Å². The third-order valence-corrected chi connectivity index (χ3v) is 6.04. The number of nitrogens with zero attached hydrogens (tertiary/aromatic N) is 1. The minimum atomic E-state index is 0.470. The van der Waals surface area contributed by atoms with Gasteiger partial charge in [-0.3, -0.25) is 0 Å². The van der Waals surface area contributed by atoms with E-state index < -0.39 is 0 Å². The SMILES string of the molecule is C#Cc1ccc(C2CCN(C(=C)c3ccc(C)c(NCCC(C)/C=C\N)c3)C2)cc1. The van der Waals surface area contributed by atoms with Gasteiger partial charge in [0.05, 0.1) is 0 Å². The van der Waals surface area contributed by atoms with Gasteiger partial charge in [0.1, 0.15) is 0 Å². The van der Waals surface area contributed by atoms with Crippen molar-refractivity contribution in [3.8, 4) is 12.3 Å². The smallest absolute Gasteiger partial charge is 0.0376 e. The van der Waals surface area contributed by atoms with E-state index in [1.165, 1.54) is 22.4 Å². The molecule has 0 aliphatic carbocycles. The molecule has 0 spiro atoms. The van der Waals surface area contributed by atoms with Crippen molar-refractivity contribution in [2.24, 2.45) is 11.7 Å². The molecule has 2 atom stereocenters. The fraction of sp³-hybridized carbons (Fsp3) is 0.333. The van der Waals surface area contributed by atoms with Gasteiger partial charge < -0.3 is 16.0 Å². The van der Waals surface area contributed by atoms with Crippen LogP contribution in [0.25, 0.3) is 5.70 Å². The van der Waals surface area contributed by atoms with Gasteiger partial charge in [-0.15, -0.1) is 6.42 Å². The summed E-state index contributed by atoms with van der Waals surface area (Å²) in [6.07, 6.45) is 11.3. The Morgan fingerprint density at radius 1 is 1.33 bits per heavy atom. The Morgan fingerprint density at radius 2 is 2.10 bits per heavy atom. The Bertz CT molecular complexity index is 934. The number of terminal acetylenes is 1. The first-order valence-electron chi connectivity index (χ1n) is 10.8. The van der Waals surface area contributed by atoms with Gasteiger partial charge in [0.2, 0.25) is 0 Å². The Hall–Kier alpha value is -3.12. The predicted molar refractivity (Wildman–Crippen MR) is 129 cm³/mol. The molecule has 3 N–H and O–H groups in total. The first-order chi connectivity index (χ1) is 14.5. The van der Waals surface area contributed by atoms with Crippen LogP contribution in [0.4, 0.5) is 5.69 Å². The summed E-state index contributed by atoms with van der Waals surface area (Å²) in [6, 6.07) is 15.0. The molecule has 2 aromatic rings. The summed E-state index contributed by atoms with van der Waals surface area (Å²) in [5.41, 5.74) is 12.5. The highest BCUT2D eigenvalue weighted by molar-refractivity contribution is 5.68. The highest BCUT2D eigenvalue weighted by Gasteiger charge is 2.25. The largest absolute Gasteiger partial charge is 0.405 e. The summed E-state index contributed by atoms with van der Waals surface area (Å²) in [7, 11) is 0. The third kappa shape index (κ3) is 5.27. The van der Waals surface area contributed by atoms with Crippen LogP contribution >= 0.6 is 0 Å². The minimum absolute atomic E-state index is 0.470. The van der Waals surface area contributed by atoms with E-state index in [1.807, 2.05) is 18.2 Å². The van der Waals surface area contributed by atoms with Gasteiger partial charge in [-0.25, -0.2) is 0 Å². The van der Waals surface area contributed by atoms with E-state index in [2.05, 4.69) is 66.9 Å². The highest BCUT2D eigenvalue weighted by atomic mass is 15.2. The van der Waals surface area contributed by atoms with Crippen LogP contribution < -0.4 is 11.1 Å². The Morgan fingerprint density at radius 3 is 2.80 bits per heavy atom. The van der Waals surface area contributed by atoms with Gasteiger partial charge in [-0.2, -0.15) is 0 Å². The fourth-order valence-corrected chi connectivity index (χ4v) is 4.02. The summed E-state index contributed by atoms with van der Waals surface area (Å²) in [5, 5.41) is 3.58. The third-order valence-electron chi connectivity index (χ3n) is 6.04. The molecular formula is C27H33N3. The highest BCUT2D eigenvalue weighted by Crippen LogP contribution is 2.33. The molecule has 1 fully saturated rings. The molecule has 30 heavy (non-hydrogen) atoms. The monoisotopic (exact) mass is 399 g/mol. The van der Waals surface area contributed by atoms with Crippen molar-refractivity contribution in [1.29, 1.82) is 0 Å². The number of nitrogens with one attached hydrogen (secondary N) is 1. The summed E-state index contributed by atoms with van der Waals surface area (Å²) in [4.78, 5) is 2.41. The molecule has 0 radical (unpaired) electrons. The number of likely N-dealkylation sites (tertiary alicyclic amines) is 1. The number of rotatable bonds is 8. The van der Waals surface area contributed by atoms with E-state index in [4.69, 9.17) is 12.2 Å². The van der Waals surface area contributed by atoms with Gasteiger partial charge >= 0.3 is 0 Å². The zero-order valence-corrected chi connectivity index (χ0v) is 18.2. The van der Waals surface area contributed by atoms with Gasteiger partial charge in [0.15, 0.2) is 0 Å². The number of hydrogen-bond acceptors (Lipinski definition) is 3. The van der Waals surface area contributed by atoms with Crippen molar-refractivity contribution in [2.75, 3.05) is 25.0 Å². The lowest BCUT2D eigenvalue weighted by atomic mass is 9.97. The molecule has 3 heteroatoms. The molecular weight excluding hydrogens is 366 g/mol. The van der Waals surface area contributed by atoms with Gasteiger partial charge in [-0.1, -0.05) is 49.8 Å². The minimum Gasteiger partial charge on any atom is -0.405 e. The number of benzene rings is 2. The van der Waals surface area contributed by atoms with Crippen LogP contribution in [0.2, 0.25) is 0 Å². The van der Waals surface area contributed by atoms with Gasteiger partial charge in [0.25, 0.3) is 0 Å². The summed E-state index contributed by atoms with van der Waals surface area (Å²) >= 11 is 0. The van der Waals surface area contributed by atoms with E-state index in [0.717, 1.165) is 43.7 Å². The molecule has 1 aliphatic rings. The van der Waals surface area contributed by atoms with Gasteiger partial charge in [-0.05, 0) is 66.8 Å². The second-order valence-electron chi connectivity index (χ2n) is 8.25. The average molecular weight is 400 g/mol. The standard InChI is InChI=1S/C27H33N3/c1-5-23-7-10-24(11-8-23)26-14-17-30(19-26)22(4)25-9-6-21(3)27(18-25)29-16-13-20(2)12-15-28/h1,6-12,15,18,20,26,29H,4,13-14,16-17,19,28H2,2-3H3/b15-12-. The molecule has 1 aliphatic heterocycles.